The van der Waals surface area contributed by atoms with E-state index < -0.39 is 30.6 Å². The first-order valence-electron chi connectivity index (χ1n) is 18.6. The minimum Gasteiger partial charge on any atom is -0.496 e. The lowest BCUT2D eigenvalue weighted by atomic mass is 9.91. The van der Waals surface area contributed by atoms with Gasteiger partial charge in [-0.2, -0.15) is 0 Å². The second-order valence-electron chi connectivity index (χ2n) is 13.8. The summed E-state index contributed by atoms with van der Waals surface area (Å²) in [5, 5.41) is 21.6. The summed E-state index contributed by atoms with van der Waals surface area (Å²) in [6.45, 7) is 2.88. The minimum atomic E-state index is -1.55. The number of carboxylic acid groups (broad SMARTS) is 1. The largest absolute Gasteiger partial charge is 0.496 e. The first-order valence-corrected chi connectivity index (χ1v) is 19.3. The van der Waals surface area contributed by atoms with E-state index in [1.807, 2.05) is 24.3 Å². The molecule has 5 heterocycles. The third-order valence-corrected chi connectivity index (χ3v) is 10.9. The number of halogens is 3. The van der Waals surface area contributed by atoms with Crippen molar-refractivity contribution >= 4 is 40.3 Å². The summed E-state index contributed by atoms with van der Waals surface area (Å²) >= 11 is 14.0. The van der Waals surface area contributed by atoms with E-state index in [2.05, 4.69) is 19.9 Å². The van der Waals surface area contributed by atoms with Crippen molar-refractivity contribution in [2.75, 3.05) is 20.3 Å². The van der Waals surface area contributed by atoms with E-state index in [4.69, 9.17) is 51.3 Å². The van der Waals surface area contributed by atoms with Crippen LogP contribution in [0.1, 0.15) is 22.4 Å². The number of aliphatic hydroxyl groups is 1. The molecule has 7 aromatic rings. The van der Waals surface area contributed by atoms with Crippen molar-refractivity contribution in [3.8, 4) is 62.7 Å². The highest BCUT2D eigenvalue weighted by atomic mass is 35.5. The van der Waals surface area contributed by atoms with Gasteiger partial charge in [0.1, 0.15) is 53.8 Å². The fourth-order valence-corrected chi connectivity index (χ4v) is 7.50. The maximum absolute atomic E-state index is 14.2. The predicted molar refractivity (Wildman–Crippen MR) is 220 cm³/mol. The molecule has 0 spiro atoms. The molecule has 2 atom stereocenters. The summed E-state index contributed by atoms with van der Waals surface area (Å²) in [6, 6.07) is 19.6. The lowest BCUT2D eigenvalue weighted by Gasteiger charge is -2.23. The maximum Gasteiger partial charge on any atom is 0.345 e. The Balaban J connectivity index is 1.25. The van der Waals surface area contributed by atoms with Crippen LogP contribution in [0.2, 0.25) is 10.0 Å². The molecule has 60 heavy (non-hydrogen) atoms. The van der Waals surface area contributed by atoms with Crippen LogP contribution in [0.15, 0.2) is 89.7 Å². The average Bonchev–Trinajstić information content (AvgIpc) is 3.65. The first kappa shape index (κ1) is 40.3. The number of nitrogens with zero attached hydrogens (tertiary/aromatic N) is 4. The highest BCUT2D eigenvalue weighted by Crippen LogP contribution is 2.51. The normalized spacial score (nSPS) is 15.1. The number of hydrogen-bond acceptors (Lipinski definition) is 12. The summed E-state index contributed by atoms with van der Waals surface area (Å²) in [4.78, 5) is 31.0. The van der Waals surface area contributed by atoms with Crippen molar-refractivity contribution in [2.24, 2.45) is 0 Å². The minimum absolute atomic E-state index is 0.00852. The lowest BCUT2D eigenvalue weighted by Crippen LogP contribution is -2.30. The molecule has 0 radical (unpaired) electrons. The molecular formula is C44H35Cl2FN4O9. The van der Waals surface area contributed by atoms with Crippen LogP contribution >= 0.6 is 23.2 Å². The quantitative estimate of drug-likeness (QED) is 0.149. The number of benzene rings is 4. The lowest BCUT2D eigenvalue weighted by molar-refractivity contribution is -0.145. The number of aliphatic hydroxyl groups excluding tert-OH is 1. The van der Waals surface area contributed by atoms with E-state index in [1.165, 1.54) is 30.6 Å². The standard InChI is InChI=1S/C44H35Cl2FN4O9/c1-22-34-23(2)38(46)40(37(22)45)58-29(18-52)20-56-28-12-13-31(57-19-27-14-15-48-41(51-27)30-6-4-5-7-32(30)55-3)25(16-28)17-33(44(53)54)59-42-36-35(34)39(60-43(36)50-21-49-42)24-8-10-26(47)11-9-24/h4-16,21,29,33,52H,17-20H2,1-3H3,(H,53,54)/t29-,33-/m1/s1. The Morgan fingerprint density at radius 3 is 2.43 bits per heavy atom. The fraction of sp³-hybridized carbons (Fsp3) is 0.205. The Kier molecular flexibility index (Phi) is 11.4. The van der Waals surface area contributed by atoms with Gasteiger partial charge in [-0.3, -0.25) is 0 Å². The second-order valence-corrected chi connectivity index (χ2v) is 14.5. The Bertz CT molecular complexity index is 2720. The van der Waals surface area contributed by atoms with E-state index in [0.717, 1.165) is 0 Å². The Morgan fingerprint density at radius 2 is 1.70 bits per heavy atom. The highest BCUT2D eigenvalue weighted by Gasteiger charge is 2.32. The van der Waals surface area contributed by atoms with Crippen molar-refractivity contribution in [1.29, 1.82) is 0 Å². The number of aliphatic carboxylic acids is 1. The first-order chi connectivity index (χ1) is 29.0. The van der Waals surface area contributed by atoms with Crippen LogP contribution < -0.4 is 23.7 Å². The molecular weight excluding hydrogens is 818 g/mol. The van der Waals surface area contributed by atoms with Crippen LogP contribution in [-0.4, -0.2) is 68.6 Å². The van der Waals surface area contributed by atoms with Gasteiger partial charge in [-0.15, -0.1) is 0 Å². The van der Waals surface area contributed by atoms with Crippen molar-refractivity contribution in [3.05, 3.63) is 124 Å². The zero-order chi connectivity index (χ0) is 42.1. The molecule has 4 aromatic carbocycles. The summed E-state index contributed by atoms with van der Waals surface area (Å²) < 4.78 is 51.0. The number of ether oxygens (including phenoxy) is 5. The van der Waals surface area contributed by atoms with Gasteiger partial charge in [0, 0.05) is 29.3 Å². The Labute approximate surface area is 352 Å². The molecule has 9 rings (SSSR count). The predicted octanol–water partition coefficient (Wildman–Crippen LogP) is 8.87. The van der Waals surface area contributed by atoms with E-state index >= 15 is 0 Å². The number of para-hydroxylation sites is 1. The van der Waals surface area contributed by atoms with Crippen molar-refractivity contribution < 1.29 is 47.5 Å². The molecule has 2 aliphatic heterocycles. The van der Waals surface area contributed by atoms with Crippen LogP contribution in [0.3, 0.4) is 0 Å². The van der Waals surface area contributed by atoms with E-state index in [-0.39, 0.29) is 58.2 Å². The van der Waals surface area contributed by atoms with Crippen LogP contribution in [0, 0.1) is 19.7 Å². The van der Waals surface area contributed by atoms with Crippen molar-refractivity contribution in [3.63, 3.8) is 0 Å². The van der Waals surface area contributed by atoms with E-state index in [1.54, 1.807) is 51.4 Å². The molecule has 0 saturated carbocycles. The van der Waals surface area contributed by atoms with Gasteiger partial charge in [-0.1, -0.05) is 35.3 Å². The SMILES string of the molecule is COc1ccccc1-c1nccc(COc2ccc3cc2C[C@H](C(=O)O)Oc2ncnc4oc(-c5ccc(F)cc5)c(c24)-c2c(C)c(Cl)c(c(Cl)c2C)O[C@H](CO)CO3)n1. The molecule has 0 saturated heterocycles. The molecule has 306 valence electrons. The summed E-state index contributed by atoms with van der Waals surface area (Å²) in [5.41, 5.74) is 4.02. The number of rotatable bonds is 8. The summed E-state index contributed by atoms with van der Waals surface area (Å²) in [7, 11) is 1.57. The van der Waals surface area contributed by atoms with Gasteiger partial charge in [0.15, 0.2) is 17.7 Å². The fourth-order valence-electron chi connectivity index (χ4n) is 6.98. The van der Waals surface area contributed by atoms with Crippen molar-refractivity contribution in [1.82, 2.24) is 19.9 Å². The molecule has 3 aromatic heterocycles. The molecule has 13 nitrogen and oxygen atoms in total. The molecule has 2 N–H and O–H groups in total. The van der Waals surface area contributed by atoms with Gasteiger partial charge in [0.2, 0.25) is 17.7 Å². The molecule has 0 unspecified atom stereocenters. The highest BCUT2D eigenvalue weighted by molar-refractivity contribution is 6.39. The molecule has 4 bridgehead atoms. The second kappa shape index (κ2) is 17.0. The topological polar surface area (TPSA) is 168 Å². The number of methoxy groups -OCH3 is 1. The van der Waals surface area contributed by atoms with Crippen molar-refractivity contribution in [2.45, 2.75) is 39.1 Å². The maximum atomic E-state index is 14.2. The van der Waals surface area contributed by atoms with Crippen LogP contribution in [0.25, 0.3) is 44.9 Å². The van der Waals surface area contributed by atoms with Crippen LogP contribution in [0.4, 0.5) is 4.39 Å². The average molecular weight is 854 g/mol. The molecule has 0 amide bonds. The van der Waals surface area contributed by atoms with Crippen LogP contribution in [0.5, 0.6) is 28.9 Å². The summed E-state index contributed by atoms with van der Waals surface area (Å²) in [5.74, 6) is 0.141. The number of aromatic nitrogens is 4. The molecule has 0 aliphatic carbocycles. The number of carbonyl (C=O) groups is 1. The Hall–Kier alpha value is -6.48. The molecule has 16 heteroatoms. The zero-order valence-corrected chi connectivity index (χ0v) is 33.8. The van der Waals surface area contributed by atoms with Gasteiger partial charge in [0.25, 0.3) is 0 Å². The van der Waals surface area contributed by atoms with Gasteiger partial charge in [-0.25, -0.2) is 29.1 Å². The van der Waals surface area contributed by atoms with Gasteiger partial charge in [0.05, 0.1) is 35.0 Å². The van der Waals surface area contributed by atoms with E-state index in [9.17, 15) is 19.4 Å². The zero-order valence-electron chi connectivity index (χ0n) is 32.2. The van der Waals surface area contributed by atoms with E-state index in [0.29, 0.717) is 67.7 Å². The van der Waals surface area contributed by atoms with Gasteiger partial charge < -0.3 is 38.3 Å². The monoisotopic (exact) mass is 852 g/mol. The van der Waals surface area contributed by atoms with Gasteiger partial charge >= 0.3 is 5.97 Å². The van der Waals surface area contributed by atoms with Crippen LogP contribution in [-0.2, 0) is 17.8 Å². The third kappa shape index (κ3) is 7.84. The van der Waals surface area contributed by atoms with Gasteiger partial charge in [-0.05, 0) is 91.2 Å². The number of hydrogen-bond donors (Lipinski definition) is 2. The number of furan rings is 1. The number of carboxylic acids is 1. The summed E-state index contributed by atoms with van der Waals surface area (Å²) in [6.07, 6.45) is 0.0910. The molecule has 2 aliphatic rings. The Morgan fingerprint density at radius 1 is 0.933 bits per heavy atom. The smallest absolute Gasteiger partial charge is 0.345 e. The molecule has 0 fully saturated rings. The third-order valence-electron chi connectivity index (χ3n) is 9.94. The number of fused-ring (bicyclic) bond motifs is 7.